The van der Waals surface area contributed by atoms with Crippen molar-refractivity contribution < 1.29 is 9.90 Å². The van der Waals surface area contributed by atoms with Crippen molar-refractivity contribution in [2.75, 3.05) is 31.1 Å². The largest absolute Gasteiger partial charge is 0.380 e. The third-order valence-electron chi connectivity index (χ3n) is 6.23. The molecule has 0 spiro atoms. The summed E-state index contributed by atoms with van der Waals surface area (Å²) in [7, 11) is 0. The van der Waals surface area contributed by atoms with Crippen molar-refractivity contribution in [2.45, 2.75) is 39.7 Å². The SMILES string of the molecule is CCC(C)(O)C(=O)N1CCN(c2nc(-c3ccccc3C)nc3cc(C)ccc23)CC1. The maximum atomic E-state index is 12.7. The molecule has 1 aromatic heterocycles. The van der Waals surface area contributed by atoms with Crippen LogP contribution in [0.1, 0.15) is 31.4 Å². The number of rotatable bonds is 4. The number of carbonyl (C=O) groups excluding carboxylic acids is 1. The lowest BCUT2D eigenvalue weighted by atomic mass is 10.0. The molecule has 3 aromatic rings. The van der Waals surface area contributed by atoms with Crippen LogP contribution in [-0.4, -0.2) is 57.7 Å². The highest BCUT2D eigenvalue weighted by atomic mass is 16.3. The van der Waals surface area contributed by atoms with E-state index in [2.05, 4.69) is 49.1 Å². The van der Waals surface area contributed by atoms with Crippen LogP contribution in [0.4, 0.5) is 5.82 Å². The van der Waals surface area contributed by atoms with Crippen LogP contribution in [0.25, 0.3) is 22.3 Å². The first-order valence-electron chi connectivity index (χ1n) is 10.9. The minimum atomic E-state index is -1.31. The normalized spacial score (nSPS) is 16.4. The number of carbonyl (C=O) groups is 1. The van der Waals surface area contributed by atoms with Crippen LogP contribution in [0.15, 0.2) is 42.5 Å². The number of nitrogens with zero attached hydrogens (tertiary/aromatic N) is 4. The van der Waals surface area contributed by atoms with Gasteiger partial charge in [0.25, 0.3) is 5.91 Å². The zero-order chi connectivity index (χ0) is 22.2. The standard InChI is InChI=1S/C25H30N4O2/c1-5-25(4,31)24(30)29-14-12-28(13-15-29)23-20-11-10-17(2)16-21(20)26-22(27-23)19-9-7-6-8-18(19)3/h6-11,16,31H,5,12-15H2,1-4H3. The van der Waals surface area contributed by atoms with Crippen molar-refractivity contribution in [3.8, 4) is 11.4 Å². The first kappa shape index (κ1) is 21.2. The molecule has 1 aliphatic rings. The molecule has 1 unspecified atom stereocenters. The van der Waals surface area contributed by atoms with E-state index in [1.165, 1.54) is 0 Å². The van der Waals surface area contributed by atoms with E-state index in [1.54, 1.807) is 11.8 Å². The topological polar surface area (TPSA) is 69.6 Å². The number of hydrogen-bond donors (Lipinski definition) is 1. The number of aliphatic hydroxyl groups is 1. The van der Waals surface area contributed by atoms with E-state index < -0.39 is 5.60 Å². The van der Waals surface area contributed by atoms with Gasteiger partial charge in [0.15, 0.2) is 5.82 Å². The van der Waals surface area contributed by atoms with Crippen LogP contribution < -0.4 is 4.90 Å². The number of fused-ring (bicyclic) bond motifs is 1. The molecule has 1 fully saturated rings. The molecule has 6 nitrogen and oxygen atoms in total. The van der Waals surface area contributed by atoms with Crippen LogP contribution in [0.5, 0.6) is 0 Å². The van der Waals surface area contributed by atoms with E-state index >= 15 is 0 Å². The zero-order valence-electron chi connectivity index (χ0n) is 18.7. The van der Waals surface area contributed by atoms with Gasteiger partial charge in [-0.1, -0.05) is 37.3 Å². The first-order chi connectivity index (χ1) is 14.8. The second-order valence-corrected chi connectivity index (χ2v) is 8.61. The summed E-state index contributed by atoms with van der Waals surface area (Å²) >= 11 is 0. The van der Waals surface area contributed by atoms with Crippen LogP contribution in [0, 0.1) is 13.8 Å². The Labute approximate surface area is 183 Å². The summed E-state index contributed by atoms with van der Waals surface area (Å²) in [6.45, 7) is 10.0. The van der Waals surface area contributed by atoms with E-state index in [4.69, 9.17) is 9.97 Å². The number of hydrogen-bond acceptors (Lipinski definition) is 5. The van der Waals surface area contributed by atoms with Crippen LogP contribution in [-0.2, 0) is 4.79 Å². The molecule has 4 rings (SSSR count). The van der Waals surface area contributed by atoms with Gasteiger partial charge in [0, 0.05) is 37.1 Å². The number of anilines is 1. The van der Waals surface area contributed by atoms with Crippen LogP contribution in [0.3, 0.4) is 0 Å². The lowest BCUT2D eigenvalue weighted by Gasteiger charge is -2.38. The van der Waals surface area contributed by atoms with Gasteiger partial charge in [-0.2, -0.15) is 0 Å². The summed E-state index contributed by atoms with van der Waals surface area (Å²) in [6.07, 6.45) is 0.404. The van der Waals surface area contributed by atoms with E-state index in [9.17, 15) is 9.90 Å². The Morgan fingerprint density at radius 3 is 2.45 bits per heavy atom. The Balaban J connectivity index is 1.69. The minimum absolute atomic E-state index is 0.196. The Kier molecular flexibility index (Phi) is 5.67. The molecular weight excluding hydrogens is 388 g/mol. The van der Waals surface area contributed by atoms with Crippen molar-refractivity contribution in [1.82, 2.24) is 14.9 Å². The summed E-state index contributed by atoms with van der Waals surface area (Å²) in [5, 5.41) is 11.4. The molecule has 162 valence electrons. The summed E-state index contributed by atoms with van der Waals surface area (Å²) in [5.41, 5.74) is 2.94. The predicted octanol–water partition coefficient (Wildman–Crippen LogP) is 3.72. The molecule has 1 aliphatic heterocycles. The van der Waals surface area contributed by atoms with E-state index in [-0.39, 0.29) is 5.91 Å². The third-order valence-corrected chi connectivity index (χ3v) is 6.23. The molecule has 31 heavy (non-hydrogen) atoms. The number of piperazine rings is 1. The summed E-state index contributed by atoms with van der Waals surface area (Å²) < 4.78 is 0. The van der Waals surface area contributed by atoms with Gasteiger partial charge in [-0.25, -0.2) is 9.97 Å². The van der Waals surface area contributed by atoms with Gasteiger partial charge in [0.1, 0.15) is 11.4 Å². The molecule has 0 saturated carbocycles. The summed E-state index contributed by atoms with van der Waals surface area (Å²) in [5.74, 6) is 1.43. The summed E-state index contributed by atoms with van der Waals surface area (Å²) in [4.78, 5) is 26.5. The highest BCUT2D eigenvalue weighted by molar-refractivity contribution is 5.92. The van der Waals surface area contributed by atoms with E-state index in [1.807, 2.05) is 19.1 Å². The zero-order valence-corrected chi connectivity index (χ0v) is 18.7. The van der Waals surface area contributed by atoms with Crippen molar-refractivity contribution >= 4 is 22.6 Å². The van der Waals surface area contributed by atoms with Crippen LogP contribution in [0.2, 0.25) is 0 Å². The van der Waals surface area contributed by atoms with Gasteiger partial charge >= 0.3 is 0 Å². The molecule has 0 radical (unpaired) electrons. The van der Waals surface area contributed by atoms with Gasteiger partial charge in [-0.3, -0.25) is 4.79 Å². The number of aryl methyl sites for hydroxylation is 2. The number of amides is 1. The quantitative estimate of drug-likeness (QED) is 0.699. The molecule has 1 N–H and O–H groups in total. The average Bonchev–Trinajstić information content (AvgIpc) is 2.78. The molecule has 2 aromatic carbocycles. The number of aromatic nitrogens is 2. The predicted molar refractivity (Wildman–Crippen MR) is 124 cm³/mol. The van der Waals surface area contributed by atoms with E-state index in [0.717, 1.165) is 39.2 Å². The van der Waals surface area contributed by atoms with Gasteiger partial charge in [0.2, 0.25) is 0 Å². The number of benzene rings is 2. The van der Waals surface area contributed by atoms with Crippen molar-refractivity contribution in [3.05, 3.63) is 53.6 Å². The maximum absolute atomic E-state index is 12.7. The third kappa shape index (κ3) is 4.12. The average molecular weight is 419 g/mol. The Hall–Kier alpha value is -2.99. The fraction of sp³-hybridized carbons (Fsp3) is 0.400. The summed E-state index contributed by atoms with van der Waals surface area (Å²) in [6, 6.07) is 14.4. The van der Waals surface area contributed by atoms with Crippen molar-refractivity contribution in [3.63, 3.8) is 0 Å². The smallest absolute Gasteiger partial charge is 0.254 e. The van der Waals surface area contributed by atoms with Gasteiger partial charge in [-0.15, -0.1) is 0 Å². The molecule has 6 heteroatoms. The Morgan fingerprint density at radius 1 is 1.06 bits per heavy atom. The molecule has 2 heterocycles. The monoisotopic (exact) mass is 418 g/mol. The van der Waals surface area contributed by atoms with Crippen molar-refractivity contribution in [1.29, 1.82) is 0 Å². The first-order valence-corrected chi connectivity index (χ1v) is 10.9. The second kappa shape index (κ2) is 8.27. The van der Waals surface area contributed by atoms with Crippen molar-refractivity contribution in [2.24, 2.45) is 0 Å². The molecular formula is C25H30N4O2. The van der Waals surface area contributed by atoms with Gasteiger partial charge in [-0.05, 0) is 50.5 Å². The highest BCUT2D eigenvalue weighted by Gasteiger charge is 2.34. The molecule has 1 amide bonds. The van der Waals surface area contributed by atoms with Crippen LogP contribution >= 0.6 is 0 Å². The van der Waals surface area contributed by atoms with Gasteiger partial charge in [0.05, 0.1) is 5.52 Å². The maximum Gasteiger partial charge on any atom is 0.254 e. The fourth-order valence-electron chi connectivity index (χ4n) is 4.02. The fourth-order valence-corrected chi connectivity index (χ4v) is 4.02. The molecule has 0 bridgehead atoms. The lowest BCUT2D eigenvalue weighted by molar-refractivity contribution is -0.150. The molecule has 0 aliphatic carbocycles. The van der Waals surface area contributed by atoms with Gasteiger partial charge < -0.3 is 14.9 Å². The minimum Gasteiger partial charge on any atom is -0.380 e. The molecule has 1 atom stereocenters. The lowest BCUT2D eigenvalue weighted by Crippen LogP contribution is -2.55. The highest BCUT2D eigenvalue weighted by Crippen LogP contribution is 2.30. The van der Waals surface area contributed by atoms with E-state index in [0.29, 0.717) is 32.6 Å². The molecule has 1 saturated heterocycles. The second-order valence-electron chi connectivity index (χ2n) is 8.61. The Bertz CT molecular complexity index is 1120. The Morgan fingerprint density at radius 2 is 1.77 bits per heavy atom.